The number of fused-ring (bicyclic) bond motifs is 1. The lowest BCUT2D eigenvalue weighted by molar-refractivity contribution is -0.124. The van der Waals surface area contributed by atoms with Gasteiger partial charge in [0.2, 0.25) is 5.91 Å². The predicted octanol–water partition coefficient (Wildman–Crippen LogP) is 1.99. The van der Waals surface area contributed by atoms with Gasteiger partial charge < -0.3 is 10.3 Å². The second-order valence-corrected chi connectivity index (χ2v) is 5.46. The number of aryl methyl sites for hydroxylation is 1. The lowest BCUT2D eigenvalue weighted by Gasteiger charge is -2.11. The Hall–Kier alpha value is -2.63. The lowest BCUT2D eigenvalue weighted by atomic mass is 10.1. The Kier molecular flexibility index (Phi) is 3.91. The van der Waals surface area contributed by atoms with E-state index in [-0.39, 0.29) is 11.9 Å². The summed E-state index contributed by atoms with van der Waals surface area (Å²) in [6.45, 7) is 4.48. The predicted molar refractivity (Wildman–Crippen MR) is 84.5 cm³/mol. The minimum absolute atomic E-state index is 0.0545. The molecular formula is C16H19N5O. The number of hydrogen-bond acceptors (Lipinski definition) is 3. The molecule has 0 spiro atoms. The Bertz CT molecular complexity index is 775. The standard InChI is InChI=1S/C16H19N5O/c1-11-3-4-14-13(8-19-15(14)7-11)5-6-18-16(22)12(2)21-10-17-9-20-21/h3-4,7-10,12,19H,5-6H2,1-2H3,(H,18,22)/t12-/m0/s1. The van der Waals surface area contributed by atoms with Crippen molar-refractivity contribution >= 4 is 16.8 Å². The van der Waals surface area contributed by atoms with Crippen LogP contribution >= 0.6 is 0 Å². The minimum Gasteiger partial charge on any atom is -0.361 e. The van der Waals surface area contributed by atoms with Crippen LogP contribution in [0.4, 0.5) is 0 Å². The molecule has 114 valence electrons. The molecule has 0 aliphatic heterocycles. The van der Waals surface area contributed by atoms with Gasteiger partial charge in [-0.05, 0) is 37.5 Å². The molecule has 6 heteroatoms. The van der Waals surface area contributed by atoms with Gasteiger partial charge in [0.05, 0.1) is 0 Å². The number of benzene rings is 1. The molecule has 0 saturated heterocycles. The second kappa shape index (κ2) is 6.01. The molecular weight excluding hydrogens is 278 g/mol. The van der Waals surface area contributed by atoms with E-state index < -0.39 is 0 Å². The molecule has 1 aromatic carbocycles. The molecule has 0 bridgehead atoms. The van der Waals surface area contributed by atoms with Gasteiger partial charge in [0.15, 0.2) is 0 Å². The van der Waals surface area contributed by atoms with Gasteiger partial charge in [0, 0.05) is 23.6 Å². The number of nitrogens with one attached hydrogen (secondary N) is 2. The number of amides is 1. The number of nitrogens with zero attached hydrogens (tertiary/aromatic N) is 3. The molecule has 0 aliphatic carbocycles. The summed E-state index contributed by atoms with van der Waals surface area (Å²) in [7, 11) is 0. The smallest absolute Gasteiger partial charge is 0.244 e. The van der Waals surface area contributed by atoms with E-state index in [9.17, 15) is 4.79 Å². The molecule has 0 saturated carbocycles. The van der Waals surface area contributed by atoms with E-state index in [0.717, 1.165) is 11.9 Å². The number of rotatable bonds is 5. The first-order chi connectivity index (χ1) is 10.6. The topological polar surface area (TPSA) is 75.6 Å². The van der Waals surface area contributed by atoms with E-state index in [4.69, 9.17) is 0 Å². The molecule has 0 fully saturated rings. The molecule has 0 radical (unpaired) electrons. The van der Waals surface area contributed by atoms with Crippen molar-refractivity contribution < 1.29 is 4.79 Å². The van der Waals surface area contributed by atoms with Crippen LogP contribution in [-0.2, 0) is 11.2 Å². The number of aromatic amines is 1. The molecule has 6 nitrogen and oxygen atoms in total. The van der Waals surface area contributed by atoms with Crippen LogP contribution in [0.25, 0.3) is 10.9 Å². The first-order valence-electron chi connectivity index (χ1n) is 7.33. The molecule has 1 amide bonds. The van der Waals surface area contributed by atoms with Crippen molar-refractivity contribution in [2.24, 2.45) is 0 Å². The zero-order valence-corrected chi connectivity index (χ0v) is 12.7. The summed E-state index contributed by atoms with van der Waals surface area (Å²) in [5, 5.41) is 8.14. The van der Waals surface area contributed by atoms with Gasteiger partial charge in [0.25, 0.3) is 0 Å². The van der Waals surface area contributed by atoms with E-state index in [2.05, 4.69) is 45.5 Å². The molecule has 3 aromatic rings. The van der Waals surface area contributed by atoms with Crippen molar-refractivity contribution in [3.05, 3.63) is 48.2 Å². The van der Waals surface area contributed by atoms with Crippen molar-refractivity contribution in [2.45, 2.75) is 26.3 Å². The maximum Gasteiger partial charge on any atom is 0.244 e. The highest BCUT2D eigenvalue weighted by Crippen LogP contribution is 2.19. The maximum atomic E-state index is 12.1. The monoisotopic (exact) mass is 297 g/mol. The Morgan fingerprint density at radius 3 is 3.09 bits per heavy atom. The fourth-order valence-electron chi connectivity index (χ4n) is 2.51. The van der Waals surface area contributed by atoms with Crippen LogP contribution in [0.2, 0.25) is 0 Å². The zero-order valence-electron chi connectivity index (χ0n) is 12.7. The van der Waals surface area contributed by atoms with E-state index in [1.807, 2.05) is 6.20 Å². The van der Waals surface area contributed by atoms with Crippen LogP contribution in [-0.4, -0.2) is 32.2 Å². The molecule has 1 atom stereocenters. The summed E-state index contributed by atoms with van der Waals surface area (Å²) in [6, 6.07) is 6.00. The van der Waals surface area contributed by atoms with Crippen LogP contribution in [0.5, 0.6) is 0 Å². The molecule has 0 unspecified atom stereocenters. The van der Waals surface area contributed by atoms with Gasteiger partial charge in [-0.25, -0.2) is 9.67 Å². The quantitative estimate of drug-likeness (QED) is 0.756. The average Bonchev–Trinajstić information content (AvgIpc) is 3.16. The third-order valence-electron chi connectivity index (χ3n) is 3.83. The lowest BCUT2D eigenvalue weighted by Crippen LogP contribution is -2.32. The van der Waals surface area contributed by atoms with Crippen molar-refractivity contribution in [1.29, 1.82) is 0 Å². The van der Waals surface area contributed by atoms with E-state index >= 15 is 0 Å². The van der Waals surface area contributed by atoms with Gasteiger partial charge in [-0.15, -0.1) is 0 Å². The van der Waals surface area contributed by atoms with Crippen molar-refractivity contribution in [3.63, 3.8) is 0 Å². The second-order valence-electron chi connectivity index (χ2n) is 5.46. The first kappa shape index (κ1) is 14.3. The molecule has 2 N–H and O–H groups in total. The fraction of sp³-hybridized carbons (Fsp3) is 0.312. The van der Waals surface area contributed by atoms with Gasteiger partial charge in [-0.3, -0.25) is 4.79 Å². The Morgan fingerprint density at radius 1 is 1.45 bits per heavy atom. The third kappa shape index (κ3) is 2.86. The normalized spacial score (nSPS) is 12.5. The van der Waals surface area contributed by atoms with Crippen LogP contribution < -0.4 is 5.32 Å². The highest BCUT2D eigenvalue weighted by molar-refractivity contribution is 5.84. The number of carbonyl (C=O) groups is 1. The summed E-state index contributed by atoms with van der Waals surface area (Å²) < 4.78 is 1.55. The highest BCUT2D eigenvalue weighted by atomic mass is 16.2. The number of hydrogen-bond donors (Lipinski definition) is 2. The summed E-state index contributed by atoms with van der Waals surface area (Å²) >= 11 is 0. The van der Waals surface area contributed by atoms with Crippen LogP contribution in [0.3, 0.4) is 0 Å². The largest absolute Gasteiger partial charge is 0.361 e. The summed E-state index contributed by atoms with van der Waals surface area (Å²) in [6.07, 6.45) is 5.78. The molecule has 2 aromatic heterocycles. The third-order valence-corrected chi connectivity index (χ3v) is 3.83. The number of aromatic nitrogens is 4. The zero-order chi connectivity index (χ0) is 15.5. The number of carbonyl (C=O) groups excluding carboxylic acids is 1. The van der Waals surface area contributed by atoms with E-state index in [1.54, 1.807) is 17.9 Å². The van der Waals surface area contributed by atoms with Crippen molar-refractivity contribution in [3.8, 4) is 0 Å². The SMILES string of the molecule is Cc1ccc2c(CCNC(=O)[C@H](C)n3cncn3)c[nH]c2c1. The summed E-state index contributed by atoms with van der Waals surface area (Å²) in [5.41, 5.74) is 3.58. The van der Waals surface area contributed by atoms with Crippen LogP contribution in [0, 0.1) is 6.92 Å². The Labute approximate surface area is 128 Å². The van der Waals surface area contributed by atoms with Gasteiger partial charge >= 0.3 is 0 Å². The first-order valence-corrected chi connectivity index (χ1v) is 7.33. The van der Waals surface area contributed by atoms with Gasteiger partial charge in [-0.2, -0.15) is 5.10 Å². The minimum atomic E-state index is -0.354. The van der Waals surface area contributed by atoms with Crippen LogP contribution in [0.1, 0.15) is 24.1 Å². The Balaban J connectivity index is 1.59. The van der Waals surface area contributed by atoms with Crippen molar-refractivity contribution in [1.82, 2.24) is 25.1 Å². The Morgan fingerprint density at radius 2 is 2.32 bits per heavy atom. The maximum absolute atomic E-state index is 12.1. The summed E-state index contributed by atoms with van der Waals surface area (Å²) in [5.74, 6) is -0.0545. The van der Waals surface area contributed by atoms with Gasteiger partial charge in [0.1, 0.15) is 18.7 Å². The summed E-state index contributed by atoms with van der Waals surface area (Å²) in [4.78, 5) is 19.2. The number of H-pyrrole nitrogens is 1. The molecule has 3 rings (SSSR count). The van der Waals surface area contributed by atoms with E-state index in [1.165, 1.54) is 22.8 Å². The molecule has 2 heterocycles. The van der Waals surface area contributed by atoms with Gasteiger partial charge in [-0.1, -0.05) is 12.1 Å². The average molecular weight is 297 g/mol. The van der Waals surface area contributed by atoms with Crippen LogP contribution in [0.15, 0.2) is 37.1 Å². The van der Waals surface area contributed by atoms with E-state index in [0.29, 0.717) is 6.54 Å². The highest BCUT2D eigenvalue weighted by Gasteiger charge is 2.14. The fourth-order valence-corrected chi connectivity index (χ4v) is 2.51. The molecule has 22 heavy (non-hydrogen) atoms. The molecule has 0 aliphatic rings. The van der Waals surface area contributed by atoms with Crippen molar-refractivity contribution in [2.75, 3.05) is 6.54 Å².